The van der Waals surface area contributed by atoms with Crippen molar-refractivity contribution in [1.82, 2.24) is 5.32 Å². The van der Waals surface area contributed by atoms with Gasteiger partial charge in [0.25, 0.3) is 0 Å². The lowest BCUT2D eigenvalue weighted by molar-refractivity contribution is -0.119. The second kappa shape index (κ2) is 8.80. The van der Waals surface area contributed by atoms with Crippen molar-refractivity contribution in [3.05, 3.63) is 29.8 Å². The Morgan fingerprint density at radius 3 is 2.64 bits per heavy atom. The summed E-state index contributed by atoms with van der Waals surface area (Å²) in [5.41, 5.74) is 7.42. The van der Waals surface area contributed by atoms with Crippen molar-refractivity contribution in [2.45, 2.75) is 45.1 Å². The molecule has 1 aromatic rings. The number of nitrogens with zero attached hydrogens (tertiary/aromatic N) is 1. The predicted molar refractivity (Wildman–Crippen MR) is 101 cm³/mol. The number of methoxy groups -OCH3 is 1. The normalized spacial score (nSPS) is 19.8. The Morgan fingerprint density at radius 1 is 1.32 bits per heavy atom. The van der Waals surface area contributed by atoms with Gasteiger partial charge >= 0.3 is 6.09 Å². The highest BCUT2D eigenvalue weighted by Crippen LogP contribution is 2.35. The first-order valence-electron chi connectivity index (χ1n) is 8.46. The Hall–Kier alpha value is -2.15. The maximum absolute atomic E-state index is 11.7. The number of nitrogens with one attached hydrogen (secondary N) is 1. The van der Waals surface area contributed by atoms with Gasteiger partial charge in [0.1, 0.15) is 0 Å². The lowest BCUT2D eigenvalue weighted by atomic mass is 9.81. The first kappa shape index (κ1) is 19.2. The van der Waals surface area contributed by atoms with Crippen LogP contribution >= 0.6 is 12.2 Å². The molecule has 0 unspecified atom stereocenters. The first-order chi connectivity index (χ1) is 11.9. The standard InChI is InChI=1S/C18H25N3O3S/c1-12-7-3-5-9-14(12)21(17(25)20-18(23)24-2)15-10-6-4-8-13(15)11-16(19)22/h3,5,7,9,13,15H,4,6,8,10-11H2,1-2H3,(H2,19,22)(H,20,23,25)/t13-,15-/m0/s1. The third kappa shape index (κ3) is 4.92. The van der Waals surface area contributed by atoms with Gasteiger partial charge in [-0.1, -0.05) is 31.0 Å². The molecule has 1 aliphatic rings. The van der Waals surface area contributed by atoms with E-state index in [4.69, 9.17) is 18.0 Å². The van der Waals surface area contributed by atoms with Crippen LogP contribution in [0.1, 0.15) is 37.7 Å². The zero-order chi connectivity index (χ0) is 18.4. The summed E-state index contributed by atoms with van der Waals surface area (Å²) in [6, 6.07) is 7.86. The van der Waals surface area contributed by atoms with E-state index in [9.17, 15) is 9.59 Å². The minimum absolute atomic E-state index is 0.00649. The number of carbonyl (C=O) groups is 2. The third-order valence-electron chi connectivity index (χ3n) is 4.65. The van der Waals surface area contributed by atoms with Gasteiger partial charge in [-0.3, -0.25) is 10.1 Å². The molecule has 0 aromatic heterocycles. The van der Waals surface area contributed by atoms with Gasteiger partial charge in [0.15, 0.2) is 5.11 Å². The molecule has 0 spiro atoms. The predicted octanol–water partition coefficient (Wildman–Crippen LogP) is 2.88. The summed E-state index contributed by atoms with van der Waals surface area (Å²) >= 11 is 5.50. The topological polar surface area (TPSA) is 84.7 Å². The van der Waals surface area contributed by atoms with Crippen molar-refractivity contribution >= 4 is 35.0 Å². The molecule has 0 bridgehead atoms. The molecule has 1 aromatic carbocycles. The summed E-state index contributed by atoms with van der Waals surface area (Å²) in [4.78, 5) is 25.1. The largest absolute Gasteiger partial charge is 0.453 e. The number of rotatable bonds is 4. The number of hydrogen-bond acceptors (Lipinski definition) is 4. The Balaban J connectivity index is 2.38. The van der Waals surface area contributed by atoms with E-state index in [2.05, 4.69) is 10.1 Å². The van der Waals surface area contributed by atoms with Gasteiger partial charge in [0.2, 0.25) is 5.91 Å². The van der Waals surface area contributed by atoms with E-state index in [-0.39, 0.29) is 23.0 Å². The molecule has 1 saturated carbocycles. The van der Waals surface area contributed by atoms with Gasteiger partial charge in [-0.15, -0.1) is 0 Å². The molecule has 0 aliphatic heterocycles. The fourth-order valence-electron chi connectivity index (χ4n) is 3.50. The lowest BCUT2D eigenvalue weighted by Crippen LogP contribution is -2.52. The maximum Gasteiger partial charge on any atom is 0.413 e. The molecular formula is C18H25N3O3S. The lowest BCUT2D eigenvalue weighted by Gasteiger charge is -2.41. The second-order valence-electron chi connectivity index (χ2n) is 6.36. The van der Waals surface area contributed by atoms with Crippen LogP contribution < -0.4 is 16.0 Å². The number of benzene rings is 1. The number of hydrogen-bond donors (Lipinski definition) is 2. The van der Waals surface area contributed by atoms with E-state index < -0.39 is 6.09 Å². The van der Waals surface area contributed by atoms with Crippen LogP contribution in [0.4, 0.5) is 10.5 Å². The summed E-state index contributed by atoms with van der Waals surface area (Å²) in [6.07, 6.45) is 3.61. The average molecular weight is 363 g/mol. The van der Waals surface area contributed by atoms with E-state index in [0.717, 1.165) is 36.9 Å². The van der Waals surface area contributed by atoms with Crippen molar-refractivity contribution in [3.8, 4) is 0 Å². The average Bonchev–Trinajstić information content (AvgIpc) is 2.57. The van der Waals surface area contributed by atoms with Crippen LogP contribution in [0.3, 0.4) is 0 Å². The molecule has 3 N–H and O–H groups in total. The third-order valence-corrected chi connectivity index (χ3v) is 4.95. The zero-order valence-electron chi connectivity index (χ0n) is 14.7. The van der Waals surface area contributed by atoms with E-state index >= 15 is 0 Å². The van der Waals surface area contributed by atoms with Crippen molar-refractivity contribution < 1.29 is 14.3 Å². The quantitative estimate of drug-likeness (QED) is 0.804. The highest BCUT2D eigenvalue weighted by molar-refractivity contribution is 7.80. The molecule has 0 radical (unpaired) electrons. The smallest absolute Gasteiger partial charge is 0.413 e. The van der Waals surface area contributed by atoms with Crippen molar-refractivity contribution in [2.24, 2.45) is 11.7 Å². The van der Waals surface area contributed by atoms with Gasteiger partial charge in [-0.25, -0.2) is 4.79 Å². The molecule has 1 fully saturated rings. The van der Waals surface area contributed by atoms with Gasteiger partial charge in [-0.2, -0.15) is 0 Å². The molecule has 6 nitrogen and oxygen atoms in total. The molecule has 2 amide bonds. The summed E-state index contributed by atoms with van der Waals surface area (Å²) in [5, 5.41) is 2.89. The Bertz CT molecular complexity index is 650. The van der Waals surface area contributed by atoms with Crippen molar-refractivity contribution in [2.75, 3.05) is 12.0 Å². The zero-order valence-corrected chi connectivity index (χ0v) is 15.5. The first-order valence-corrected chi connectivity index (χ1v) is 8.87. The number of primary amides is 1. The fraction of sp³-hybridized carbons (Fsp3) is 0.500. The van der Waals surface area contributed by atoms with Crippen LogP contribution in [-0.4, -0.2) is 30.3 Å². The number of alkyl carbamates (subject to hydrolysis) is 1. The van der Waals surface area contributed by atoms with Crippen molar-refractivity contribution in [1.29, 1.82) is 0 Å². The molecular weight excluding hydrogens is 338 g/mol. The number of aryl methyl sites for hydroxylation is 1. The van der Waals surface area contributed by atoms with E-state index in [0.29, 0.717) is 6.42 Å². The highest BCUT2D eigenvalue weighted by atomic mass is 32.1. The number of ether oxygens (including phenoxy) is 1. The van der Waals surface area contributed by atoms with Gasteiger partial charge in [0, 0.05) is 18.2 Å². The summed E-state index contributed by atoms with van der Waals surface area (Å²) in [6.45, 7) is 2.00. The summed E-state index contributed by atoms with van der Waals surface area (Å²) < 4.78 is 4.68. The Morgan fingerprint density at radius 2 is 2.00 bits per heavy atom. The maximum atomic E-state index is 11.7. The van der Waals surface area contributed by atoms with Crippen LogP contribution in [0.5, 0.6) is 0 Å². The summed E-state index contributed by atoms with van der Waals surface area (Å²) in [5.74, 6) is -0.211. The van der Waals surface area contributed by atoms with E-state index in [1.54, 1.807) is 0 Å². The second-order valence-corrected chi connectivity index (χ2v) is 6.75. The molecule has 0 heterocycles. The van der Waals surface area contributed by atoms with Crippen LogP contribution in [-0.2, 0) is 9.53 Å². The highest BCUT2D eigenvalue weighted by Gasteiger charge is 2.34. The van der Waals surface area contributed by atoms with E-state index in [1.165, 1.54) is 7.11 Å². The van der Waals surface area contributed by atoms with Gasteiger partial charge in [-0.05, 0) is 49.5 Å². The minimum Gasteiger partial charge on any atom is -0.453 e. The molecule has 1 aliphatic carbocycles. The number of anilines is 1. The minimum atomic E-state index is -0.606. The molecule has 2 atom stereocenters. The molecule has 25 heavy (non-hydrogen) atoms. The van der Waals surface area contributed by atoms with Gasteiger partial charge < -0.3 is 15.4 Å². The number of amides is 2. The van der Waals surface area contributed by atoms with Gasteiger partial charge in [0.05, 0.1) is 7.11 Å². The SMILES string of the molecule is COC(=O)NC(=S)N(c1ccccc1C)[C@H]1CCCC[C@H]1CC(N)=O. The number of thiocarbonyl (C=S) groups is 1. The Kier molecular flexibility index (Phi) is 6.75. The molecule has 0 saturated heterocycles. The van der Waals surface area contributed by atoms with Crippen LogP contribution in [0, 0.1) is 12.8 Å². The molecule has 7 heteroatoms. The molecule has 136 valence electrons. The van der Waals surface area contributed by atoms with E-state index in [1.807, 2.05) is 36.1 Å². The fourth-order valence-corrected chi connectivity index (χ4v) is 3.81. The number of carbonyl (C=O) groups excluding carboxylic acids is 2. The van der Waals surface area contributed by atoms with Crippen molar-refractivity contribution in [3.63, 3.8) is 0 Å². The molecule has 2 rings (SSSR count). The van der Waals surface area contributed by atoms with Crippen LogP contribution in [0.15, 0.2) is 24.3 Å². The monoisotopic (exact) mass is 363 g/mol. The Labute approximate surface area is 153 Å². The van der Waals surface area contributed by atoms with Crippen LogP contribution in [0.25, 0.3) is 0 Å². The number of para-hydroxylation sites is 1. The van der Waals surface area contributed by atoms with Crippen LogP contribution in [0.2, 0.25) is 0 Å². The summed E-state index contributed by atoms with van der Waals surface area (Å²) in [7, 11) is 1.30. The number of nitrogens with two attached hydrogens (primary N) is 1.